The third-order valence-electron chi connectivity index (χ3n) is 21.5. The predicted molar refractivity (Wildman–Crippen MR) is 512 cm³/mol. The van der Waals surface area contributed by atoms with Crippen LogP contribution in [0.25, 0.3) is 250 Å². The topological polar surface area (TPSA) is 51.6 Å². The SMILES string of the molecule is [2H]c1c([2H])c([2H])c(-c2c(-c3c([2H])c([2H])c(-c4ccc(-c5ccc6ccc7cccnc7c6n5)c5ccccc45)c([2H])c3[2H])sc(-c3c([2H])c([2H])c4c([2H])c([2H])c5c([2H])c([2H])c([2H])c6c([2H])c([2H])c3c4c56)c2-c2c([2H])c([2H])c([2H])c([2H])c2[2H])c([2H])c1[2H].[2H]c1c([2H])c([2H])c(-c2c(-c3ccc(-c4ccc5ccc6cccnc6c5n4)c4ccccc34)sc(-c3c([2H])c([2H])c4c([2H])c([2H])c5c([2H])c([2H])c([2H])c6c([2H])c([2H])c3c4c56)c2-c2c([2H])c([2H])c([2H])c([2H])c2[2H])c([2H])c1[2H]. The first-order chi connectivity index (χ1) is 77.0. The average Bonchev–Trinajstić information content (AvgIpc) is 0.991. The first-order valence-electron chi connectivity index (χ1n) is 58.5. The smallest absolute Gasteiger partial charge is 0.0972 e. The lowest BCUT2D eigenvalue weighted by Crippen LogP contribution is -1.91. The molecule has 25 rings (SSSR count). The number of pyridine rings is 4. The highest BCUT2D eigenvalue weighted by atomic mass is 32.1. The van der Waals surface area contributed by atoms with Gasteiger partial charge in [-0.15, -0.1) is 22.7 Å². The number of aromatic nitrogens is 4. The van der Waals surface area contributed by atoms with Crippen LogP contribution in [0, 0.1) is 0 Å². The molecule has 0 N–H and O–H groups in total. The standard InChI is InChI=1S/C60H36N2S.C54H32N2S/c1-3-11-38(12-4-1)55-56(39-13-5-2-6-14-39)60(51-32-29-42-23-22-40-15-9-16-41-28-31-50(51)54(42)53(40)41)63-59(55)45-26-20-37(21-27-45)46-33-34-49(48-19-8-7-18-47(46)48)52-35-30-44-25-24-43-17-10-36-61-57(43)58(44)62-52;1-3-11-33(12-4-1)49-50(34-13-5-2-6-14-34)54(45-28-25-37-21-20-35-15-9-16-36-24-27-43(45)48(37)47(35)36)57-53(49)44-30-29-42(40-18-7-8-19-41(40)44)46-31-26-39-23-22-38-17-10-32-55-51(38)52(39)56-46/h1-36H;1-32H/i1D,2D,3D,4D,5D,6D,9D,11D,12D,13D,14D,15D,16D,20D,21D,22D,23D,26D,27D,28D,29D,31D,32D;1D,2D,3D,4D,5D,6D,9D,11D,12D,13D,14D,15D,16D,20D,21D,24D,25D,27D,28D. The van der Waals surface area contributed by atoms with E-state index in [2.05, 4.69) is 9.97 Å². The molecule has 0 bridgehead atoms. The highest BCUT2D eigenvalue weighted by Crippen LogP contribution is 2.58. The zero-order valence-electron chi connectivity index (χ0n) is 104. The van der Waals surface area contributed by atoms with Gasteiger partial charge in [0.05, 0.1) is 91.0 Å². The Hall–Kier alpha value is -15.2. The minimum Gasteiger partial charge on any atom is -0.254 e. The molecule has 25 aromatic rings. The van der Waals surface area contributed by atoms with E-state index in [4.69, 9.17) is 37.4 Å². The number of benzene rings is 19. The molecule has 6 aromatic heterocycles. The summed E-state index contributed by atoms with van der Waals surface area (Å²) in [5, 5.41) is 1.83. The van der Waals surface area contributed by atoms with Crippen molar-refractivity contribution in [1.29, 1.82) is 0 Å². The summed E-state index contributed by atoms with van der Waals surface area (Å²) in [5.41, 5.74) is -0.197. The van der Waals surface area contributed by atoms with Crippen molar-refractivity contribution in [2.45, 2.75) is 0 Å². The van der Waals surface area contributed by atoms with E-state index in [1.54, 1.807) is 73.1 Å². The van der Waals surface area contributed by atoms with Crippen LogP contribution in [0.2, 0.25) is 0 Å². The molecule has 120 heavy (non-hydrogen) atoms. The van der Waals surface area contributed by atoms with Gasteiger partial charge in [0, 0.05) is 104 Å². The molecular formula is C114H68N4S2. The molecule has 6 heterocycles. The monoisotopic (exact) mass is 1600 g/mol. The minimum absolute atomic E-state index is 0.101. The molecule has 0 saturated heterocycles. The van der Waals surface area contributed by atoms with Gasteiger partial charge in [0.15, 0.2) is 0 Å². The zero-order valence-corrected chi connectivity index (χ0v) is 63.2. The summed E-state index contributed by atoms with van der Waals surface area (Å²) in [7, 11) is 0. The van der Waals surface area contributed by atoms with E-state index in [0.29, 0.717) is 83.0 Å². The predicted octanol–water partition coefficient (Wildman–Crippen LogP) is 32.1. The van der Waals surface area contributed by atoms with Crippen molar-refractivity contribution in [3.63, 3.8) is 0 Å². The maximum atomic E-state index is 9.99. The van der Waals surface area contributed by atoms with Crippen molar-refractivity contribution in [2.24, 2.45) is 0 Å². The molecule has 0 spiro atoms. The summed E-state index contributed by atoms with van der Waals surface area (Å²) in [6, 6.07) is 11.6. The molecule has 0 amide bonds. The Balaban J connectivity index is 0.000000170. The lowest BCUT2D eigenvalue weighted by Gasteiger charge is -2.15. The van der Waals surface area contributed by atoms with Crippen LogP contribution in [0.4, 0.5) is 0 Å². The van der Waals surface area contributed by atoms with Crippen molar-refractivity contribution in [2.75, 3.05) is 0 Å². The second kappa shape index (κ2) is 28.3. The summed E-state index contributed by atoms with van der Waals surface area (Å²) in [4.78, 5) is 18.4. The number of hydrogen-bond acceptors (Lipinski definition) is 6. The van der Waals surface area contributed by atoms with Gasteiger partial charge < -0.3 is 0 Å². The van der Waals surface area contributed by atoms with Crippen molar-refractivity contribution in [1.82, 2.24) is 19.9 Å². The zero-order chi connectivity index (χ0) is 115. The summed E-state index contributed by atoms with van der Waals surface area (Å²) >= 11 is 1.28. The quantitative estimate of drug-likeness (QED) is 0.121. The highest BCUT2D eigenvalue weighted by molar-refractivity contribution is 7.21. The van der Waals surface area contributed by atoms with Gasteiger partial charge >= 0.3 is 0 Å². The second-order valence-electron chi connectivity index (χ2n) is 28.0. The molecule has 0 aliphatic heterocycles. The molecule has 0 fully saturated rings. The fourth-order valence-electron chi connectivity index (χ4n) is 16.3. The van der Waals surface area contributed by atoms with Crippen LogP contribution in [0.15, 0.2) is 412 Å². The van der Waals surface area contributed by atoms with Crippen molar-refractivity contribution >= 4 is 152 Å². The molecule has 0 saturated carbocycles. The van der Waals surface area contributed by atoms with Crippen LogP contribution >= 0.6 is 22.7 Å². The number of rotatable bonds is 11. The van der Waals surface area contributed by atoms with Crippen molar-refractivity contribution in [3.8, 4) is 120 Å². The van der Waals surface area contributed by atoms with E-state index >= 15 is 0 Å². The number of nitrogens with zero attached hydrogens (tertiary/aromatic N) is 4. The van der Waals surface area contributed by atoms with E-state index < -0.39 is 330 Å². The Morgan fingerprint density at radius 1 is 0.192 bits per heavy atom. The maximum absolute atomic E-state index is 9.99. The summed E-state index contributed by atoms with van der Waals surface area (Å²) in [5.74, 6) is 0. The van der Waals surface area contributed by atoms with E-state index in [0.717, 1.165) is 32.9 Å². The van der Waals surface area contributed by atoms with Gasteiger partial charge in [0.1, 0.15) is 0 Å². The first kappa shape index (κ1) is 39.2. The van der Waals surface area contributed by atoms with Gasteiger partial charge in [-0.3, -0.25) is 9.97 Å². The average molecular weight is 1600 g/mol. The molecule has 556 valence electrons. The van der Waals surface area contributed by atoms with Gasteiger partial charge in [-0.05, 0) is 149 Å². The molecule has 0 aliphatic carbocycles. The number of thiophene rings is 2. The Labute approximate surface area is 758 Å². The van der Waals surface area contributed by atoms with Gasteiger partial charge in [0.2, 0.25) is 0 Å². The Morgan fingerprint density at radius 3 is 0.950 bits per heavy atom. The van der Waals surface area contributed by atoms with Crippen LogP contribution in [0.5, 0.6) is 0 Å². The largest absolute Gasteiger partial charge is 0.254 e. The van der Waals surface area contributed by atoms with Gasteiger partial charge in [-0.25, -0.2) is 9.97 Å². The summed E-state index contributed by atoms with van der Waals surface area (Å²) in [6.07, 6.45) is 3.36. The third kappa shape index (κ3) is 11.3. The molecule has 0 aliphatic rings. The van der Waals surface area contributed by atoms with E-state index in [-0.39, 0.29) is 80.7 Å². The second-order valence-corrected chi connectivity index (χ2v) is 30.0. The third-order valence-corrected chi connectivity index (χ3v) is 24.0. The molecule has 19 aromatic carbocycles. The minimum atomic E-state index is -0.945. The molecule has 0 atom stereocenters. The van der Waals surface area contributed by atoms with E-state index in [1.165, 1.54) is 0 Å². The van der Waals surface area contributed by atoms with Crippen LogP contribution < -0.4 is 0 Å². The van der Waals surface area contributed by atoms with Crippen LogP contribution in [-0.4, -0.2) is 19.9 Å². The van der Waals surface area contributed by atoms with Gasteiger partial charge in [-0.2, -0.15) is 0 Å². The maximum Gasteiger partial charge on any atom is 0.0972 e. The van der Waals surface area contributed by atoms with Crippen LogP contribution in [-0.2, 0) is 0 Å². The number of hydrogen-bond donors (Lipinski definition) is 0. The Bertz CT molecular complexity index is 11000. The summed E-state index contributed by atoms with van der Waals surface area (Å²) < 4.78 is 388. The molecule has 4 nitrogen and oxygen atoms in total. The summed E-state index contributed by atoms with van der Waals surface area (Å²) in [6.45, 7) is 0. The Kier molecular flexibility index (Phi) is 9.25. The number of fused-ring (bicyclic) bond motifs is 8. The fourth-order valence-corrected chi connectivity index (χ4v) is 18.9. The van der Waals surface area contributed by atoms with Crippen LogP contribution in [0.1, 0.15) is 57.6 Å². The molecule has 0 unspecified atom stereocenters. The molecular weight excluding hydrogens is 1490 g/mol. The Morgan fingerprint density at radius 2 is 0.517 bits per heavy atom. The van der Waals surface area contributed by atoms with E-state index in [9.17, 15) is 30.2 Å². The molecule has 6 heteroatoms. The van der Waals surface area contributed by atoms with Gasteiger partial charge in [0.25, 0.3) is 0 Å². The van der Waals surface area contributed by atoms with Crippen LogP contribution in [0.3, 0.4) is 0 Å². The van der Waals surface area contributed by atoms with Crippen molar-refractivity contribution in [3.05, 3.63) is 412 Å². The lowest BCUT2D eigenvalue weighted by atomic mass is 9.87. The first-order valence-corrected chi connectivity index (χ1v) is 39.1. The van der Waals surface area contributed by atoms with E-state index in [1.807, 2.05) is 84.9 Å². The fraction of sp³-hybridized carbons (Fsp3) is 0. The molecule has 0 radical (unpaired) electrons. The normalized spacial score (nSPS) is 16.7. The lowest BCUT2D eigenvalue weighted by molar-refractivity contribution is 1.37. The van der Waals surface area contributed by atoms with Crippen molar-refractivity contribution < 1.29 is 57.6 Å². The highest BCUT2D eigenvalue weighted by Gasteiger charge is 2.29. The van der Waals surface area contributed by atoms with Gasteiger partial charge in [-0.1, -0.05) is 375 Å².